The molecular formula is C18H22ClNO2. The van der Waals surface area contributed by atoms with E-state index >= 15 is 0 Å². The number of hydrogen-bond acceptors (Lipinski definition) is 2. The average Bonchev–Trinajstić information content (AvgIpc) is 2.82. The van der Waals surface area contributed by atoms with Crippen LogP contribution in [0.1, 0.15) is 22.7 Å². The zero-order valence-electron chi connectivity index (χ0n) is 13.2. The zero-order valence-corrected chi connectivity index (χ0v) is 14.0. The van der Waals surface area contributed by atoms with Crippen LogP contribution in [0.25, 0.3) is 0 Å². The second-order valence-electron chi connectivity index (χ2n) is 5.67. The fourth-order valence-corrected chi connectivity index (χ4v) is 3.24. The maximum Gasteiger partial charge on any atom is 0.161 e. The zero-order chi connectivity index (χ0) is 14.8. The summed E-state index contributed by atoms with van der Waals surface area (Å²) in [5, 5.41) is 0. The van der Waals surface area contributed by atoms with E-state index in [0.717, 1.165) is 24.5 Å². The lowest BCUT2D eigenvalue weighted by Crippen LogP contribution is -3.06. The van der Waals surface area contributed by atoms with Crippen LogP contribution in [0.4, 0.5) is 0 Å². The van der Waals surface area contributed by atoms with E-state index in [4.69, 9.17) is 9.47 Å². The van der Waals surface area contributed by atoms with Gasteiger partial charge >= 0.3 is 0 Å². The average molecular weight is 320 g/mol. The van der Waals surface area contributed by atoms with Gasteiger partial charge in [0.1, 0.15) is 12.6 Å². The molecule has 0 saturated carbocycles. The third-order valence-electron chi connectivity index (χ3n) is 4.37. The fourth-order valence-electron chi connectivity index (χ4n) is 3.24. The van der Waals surface area contributed by atoms with E-state index in [0.29, 0.717) is 6.04 Å². The smallest absolute Gasteiger partial charge is 0.161 e. The summed E-state index contributed by atoms with van der Waals surface area (Å²) in [6.07, 6.45) is 1.05. The van der Waals surface area contributed by atoms with Crippen LogP contribution >= 0.6 is 0 Å². The quantitative estimate of drug-likeness (QED) is 0.783. The van der Waals surface area contributed by atoms with Crippen molar-refractivity contribution in [3.05, 3.63) is 59.2 Å². The lowest BCUT2D eigenvalue weighted by atomic mass is 9.97. The predicted molar refractivity (Wildman–Crippen MR) is 83.0 cm³/mol. The molecule has 0 saturated heterocycles. The first-order valence-electron chi connectivity index (χ1n) is 7.34. The number of methoxy groups -OCH3 is 2. The van der Waals surface area contributed by atoms with Crippen molar-refractivity contribution in [3.63, 3.8) is 0 Å². The molecule has 2 aromatic carbocycles. The molecule has 0 fully saturated rings. The normalized spacial score (nSPS) is 19.2. The minimum absolute atomic E-state index is 0. The van der Waals surface area contributed by atoms with Gasteiger partial charge in [0.25, 0.3) is 0 Å². The van der Waals surface area contributed by atoms with Crippen molar-refractivity contribution in [1.82, 2.24) is 0 Å². The van der Waals surface area contributed by atoms with Gasteiger partial charge < -0.3 is 26.8 Å². The number of quaternary nitrogens is 1. The van der Waals surface area contributed by atoms with E-state index in [-0.39, 0.29) is 12.4 Å². The molecule has 0 spiro atoms. The highest BCUT2D eigenvalue weighted by atomic mass is 35.5. The topological polar surface area (TPSA) is 22.9 Å². The van der Waals surface area contributed by atoms with Crippen molar-refractivity contribution in [2.45, 2.75) is 19.0 Å². The third-order valence-corrected chi connectivity index (χ3v) is 4.37. The van der Waals surface area contributed by atoms with Gasteiger partial charge in [0.15, 0.2) is 11.5 Å². The summed E-state index contributed by atoms with van der Waals surface area (Å²) in [4.78, 5) is 1.52. The second kappa shape index (κ2) is 7.03. The number of likely N-dealkylation sites (N-methyl/N-ethyl adjacent to an activating group) is 1. The van der Waals surface area contributed by atoms with E-state index in [1.54, 1.807) is 14.2 Å². The summed E-state index contributed by atoms with van der Waals surface area (Å²) in [5.41, 5.74) is 4.13. The number of fused-ring (bicyclic) bond motifs is 1. The first kappa shape index (κ1) is 16.7. The Morgan fingerprint density at radius 3 is 2.32 bits per heavy atom. The highest BCUT2D eigenvalue weighted by molar-refractivity contribution is 5.49. The Balaban J connectivity index is 0.00000176. The van der Waals surface area contributed by atoms with Gasteiger partial charge in [-0.15, -0.1) is 0 Å². The lowest BCUT2D eigenvalue weighted by Gasteiger charge is -2.18. The van der Waals surface area contributed by atoms with E-state index in [1.165, 1.54) is 21.6 Å². The summed E-state index contributed by atoms with van der Waals surface area (Å²) in [7, 11) is 5.64. The first-order valence-corrected chi connectivity index (χ1v) is 7.34. The molecule has 1 aliphatic heterocycles. The molecule has 3 rings (SSSR count). The molecule has 0 bridgehead atoms. The molecule has 0 aliphatic carbocycles. The molecule has 0 radical (unpaired) electrons. The van der Waals surface area contributed by atoms with Crippen molar-refractivity contribution >= 4 is 0 Å². The minimum atomic E-state index is 0. The van der Waals surface area contributed by atoms with Crippen molar-refractivity contribution in [2.75, 3.05) is 21.3 Å². The van der Waals surface area contributed by atoms with Crippen LogP contribution < -0.4 is 26.8 Å². The number of hydrogen-bond donors (Lipinski definition) is 1. The Morgan fingerprint density at radius 2 is 1.68 bits per heavy atom. The van der Waals surface area contributed by atoms with Crippen LogP contribution in [0.5, 0.6) is 11.5 Å². The minimum Gasteiger partial charge on any atom is -1.00 e. The maximum absolute atomic E-state index is 5.46. The lowest BCUT2D eigenvalue weighted by molar-refractivity contribution is -0.918. The molecule has 0 amide bonds. The molecule has 4 heteroatoms. The van der Waals surface area contributed by atoms with Gasteiger partial charge in [-0.2, -0.15) is 0 Å². The van der Waals surface area contributed by atoms with Crippen LogP contribution in [-0.4, -0.2) is 21.3 Å². The molecule has 2 unspecified atom stereocenters. The van der Waals surface area contributed by atoms with E-state index in [9.17, 15) is 0 Å². The molecule has 1 aliphatic rings. The van der Waals surface area contributed by atoms with Gasteiger partial charge in [0, 0.05) is 17.5 Å². The predicted octanol–water partition coefficient (Wildman–Crippen LogP) is -0.980. The summed E-state index contributed by atoms with van der Waals surface area (Å²) in [5.74, 6) is 1.65. The Morgan fingerprint density at radius 1 is 1.05 bits per heavy atom. The fraction of sp³-hybridized carbons (Fsp3) is 0.333. The molecule has 1 heterocycles. The standard InChI is InChI=1S/C18H21NO2.ClH/c1-19-12-14-10-17(20-2)18(21-3)11-15(14)16(19)9-13-7-5-4-6-8-13;/h4-8,10-11,16H,9,12H2,1-3H3;1H. The van der Waals surface area contributed by atoms with E-state index in [2.05, 4.69) is 49.5 Å². The van der Waals surface area contributed by atoms with Crippen LogP contribution in [0.15, 0.2) is 42.5 Å². The molecular weight excluding hydrogens is 298 g/mol. The number of rotatable bonds is 4. The number of ether oxygens (including phenoxy) is 2. The highest BCUT2D eigenvalue weighted by Gasteiger charge is 2.33. The van der Waals surface area contributed by atoms with Crippen LogP contribution in [0.2, 0.25) is 0 Å². The van der Waals surface area contributed by atoms with Gasteiger partial charge in [0.05, 0.1) is 21.3 Å². The third kappa shape index (κ3) is 3.06. The second-order valence-corrected chi connectivity index (χ2v) is 5.67. The molecule has 118 valence electrons. The summed E-state index contributed by atoms with van der Waals surface area (Å²) < 4.78 is 10.9. The number of nitrogens with one attached hydrogen (secondary N) is 1. The number of benzene rings is 2. The molecule has 2 aromatic rings. The van der Waals surface area contributed by atoms with Gasteiger partial charge in [0.2, 0.25) is 0 Å². The highest BCUT2D eigenvalue weighted by Crippen LogP contribution is 2.35. The Hall–Kier alpha value is -1.71. The first-order chi connectivity index (χ1) is 10.2. The van der Waals surface area contributed by atoms with E-state index < -0.39 is 0 Å². The largest absolute Gasteiger partial charge is 1.00 e. The molecule has 3 nitrogen and oxygen atoms in total. The van der Waals surface area contributed by atoms with Gasteiger partial charge in [-0.05, 0) is 17.7 Å². The van der Waals surface area contributed by atoms with Gasteiger partial charge in [-0.3, -0.25) is 0 Å². The number of halogens is 1. The summed E-state index contributed by atoms with van der Waals surface area (Å²) in [6.45, 7) is 1.03. The Kier molecular flexibility index (Phi) is 5.33. The molecule has 22 heavy (non-hydrogen) atoms. The molecule has 1 N–H and O–H groups in total. The van der Waals surface area contributed by atoms with Crippen molar-refractivity contribution < 1.29 is 26.8 Å². The summed E-state index contributed by atoms with van der Waals surface area (Å²) >= 11 is 0. The molecule has 2 atom stereocenters. The van der Waals surface area contributed by atoms with Gasteiger partial charge in [-0.25, -0.2) is 0 Å². The Bertz CT molecular complexity index is 630. The van der Waals surface area contributed by atoms with Crippen molar-refractivity contribution in [1.29, 1.82) is 0 Å². The Labute approximate surface area is 138 Å². The van der Waals surface area contributed by atoms with Crippen LogP contribution in [0, 0.1) is 0 Å². The maximum atomic E-state index is 5.46. The van der Waals surface area contributed by atoms with Crippen molar-refractivity contribution in [2.24, 2.45) is 0 Å². The summed E-state index contributed by atoms with van der Waals surface area (Å²) in [6, 6.07) is 15.4. The van der Waals surface area contributed by atoms with E-state index in [1.807, 2.05) is 0 Å². The molecule has 0 aromatic heterocycles. The monoisotopic (exact) mass is 319 g/mol. The van der Waals surface area contributed by atoms with Crippen LogP contribution in [-0.2, 0) is 13.0 Å². The van der Waals surface area contributed by atoms with Gasteiger partial charge in [-0.1, -0.05) is 30.3 Å². The van der Waals surface area contributed by atoms with Crippen molar-refractivity contribution in [3.8, 4) is 11.5 Å². The SMILES string of the molecule is COc1cc2c(cc1OC)C(Cc1ccccc1)[NH+](C)C2.[Cl-]. The van der Waals surface area contributed by atoms with Crippen LogP contribution in [0.3, 0.4) is 0 Å².